The second kappa shape index (κ2) is 10.3. The Kier molecular flexibility index (Phi) is 7.06. The molecule has 166 valence electrons. The molecule has 0 saturated carbocycles. The highest BCUT2D eigenvalue weighted by molar-refractivity contribution is 5.95. The Labute approximate surface area is 189 Å². The van der Waals surface area contributed by atoms with Gasteiger partial charge in [0.2, 0.25) is 0 Å². The SMILES string of the molecule is N#Cc1ccc(C(=O)N2CCC[C@H](COc3ccc(C(=O)N4CCCCC4)cc3)C2)cc1. The first-order valence-electron chi connectivity index (χ1n) is 11.5. The van der Waals surface area contributed by atoms with Crippen molar-refractivity contribution in [3.63, 3.8) is 0 Å². The van der Waals surface area contributed by atoms with Crippen LogP contribution in [0.5, 0.6) is 5.75 Å². The maximum atomic E-state index is 12.8. The Morgan fingerprint density at radius 2 is 1.44 bits per heavy atom. The van der Waals surface area contributed by atoms with Crippen LogP contribution in [0, 0.1) is 17.2 Å². The molecule has 0 spiro atoms. The Bertz CT molecular complexity index is 973. The summed E-state index contributed by atoms with van der Waals surface area (Å²) in [6.07, 6.45) is 5.33. The summed E-state index contributed by atoms with van der Waals surface area (Å²) in [5.74, 6) is 1.11. The fourth-order valence-corrected chi connectivity index (χ4v) is 4.44. The molecular weight excluding hydrogens is 402 g/mol. The maximum Gasteiger partial charge on any atom is 0.253 e. The van der Waals surface area contributed by atoms with Crippen LogP contribution in [0.4, 0.5) is 0 Å². The van der Waals surface area contributed by atoms with E-state index >= 15 is 0 Å². The van der Waals surface area contributed by atoms with Crippen LogP contribution in [0.3, 0.4) is 0 Å². The molecule has 2 saturated heterocycles. The molecule has 1 atom stereocenters. The number of benzene rings is 2. The van der Waals surface area contributed by atoms with E-state index in [0.29, 0.717) is 29.8 Å². The van der Waals surface area contributed by atoms with Crippen molar-refractivity contribution in [2.45, 2.75) is 32.1 Å². The lowest BCUT2D eigenvalue weighted by Crippen LogP contribution is -2.41. The molecule has 0 bridgehead atoms. The Morgan fingerprint density at radius 1 is 0.844 bits per heavy atom. The van der Waals surface area contributed by atoms with Crippen molar-refractivity contribution < 1.29 is 14.3 Å². The van der Waals surface area contributed by atoms with E-state index in [1.165, 1.54) is 6.42 Å². The molecule has 2 fully saturated rings. The van der Waals surface area contributed by atoms with E-state index in [9.17, 15) is 9.59 Å². The van der Waals surface area contributed by atoms with Crippen LogP contribution in [-0.4, -0.2) is 54.4 Å². The first kappa shape index (κ1) is 21.9. The predicted octanol–water partition coefficient (Wildman–Crippen LogP) is 4.12. The molecule has 2 aromatic carbocycles. The molecule has 0 radical (unpaired) electrons. The number of hydrogen-bond acceptors (Lipinski definition) is 4. The van der Waals surface area contributed by atoms with Gasteiger partial charge in [-0.15, -0.1) is 0 Å². The standard InChI is InChI=1S/C26H29N3O3/c27-17-20-6-8-22(9-7-20)26(31)29-16-4-5-21(18-29)19-32-24-12-10-23(11-13-24)25(30)28-14-2-1-3-15-28/h6-13,21H,1-5,14-16,18-19H2/t21-/m0/s1. The van der Waals surface area contributed by atoms with Gasteiger partial charge < -0.3 is 14.5 Å². The number of nitrogens with zero attached hydrogens (tertiary/aromatic N) is 3. The molecule has 32 heavy (non-hydrogen) atoms. The molecule has 2 amide bonds. The number of amides is 2. The first-order chi connectivity index (χ1) is 15.6. The minimum atomic E-state index is -0.000215. The average Bonchev–Trinajstić information content (AvgIpc) is 2.87. The zero-order valence-corrected chi connectivity index (χ0v) is 18.3. The summed E-state index contributed by atoms with van der Waals surface area (Å²) in [6.45, 7) is 3.62. The Morgan fingerprint density at radius 3 is 2.09 bits per heavy atom. The zero-order chi connectivity index (χ0) is 22.3. The molecule has 2 aromatic rings. The molecule has 4 rings (SSSR count). The third kappa shape index (κ3) is 5.28. The fourth-order valence-electron chi connectivity index (χ4n) is 4.44. The summed E-state index contributed by atoms with van der Waals surface area (Å²) in [4.78, 5) is 29.2. The van der Waals surface area contributed by atoms with Crippen molar-refractivity contribution >= 4 is 11.8 Å². The smallest absolute Gasteiger partial charge is 0.253 e. The van der Waals surface area contributed by atoms with Crippen molar-refractivity contribution in [2.24, 2.45) is 5.92 Å². The van der Waals surface area contributed by atoms with Gasteiger partial charge in [-0.05, 0) is 80.6 Å². The van der Waals surface area contributed by atoms with Crippen LogP contribution in [0.25, 0.3) is 0 Å². The summed E-state index contributed by atoms with van der Waals surface area (Å²) >= 11 is 0. The van der Waals surface area contributed by atoms with Crippen LogP contribution in [-0.2, 0) is 0 Å². The molecule has 2 aliphatic heterocycles. The van der Waals surface area contributed by atoms with Gasteiger partial charge in [-0.1, -0.05) is 0 Å². The van der Waals surface area contributed by atoms with E-state index in [2.05, 4.69) is 6.07 Å². The van der Waals surface area contributed by atoms with E-state index in [1.54, 1.807) is 24.3 Å². The van der Waals surface area contributed by atoms with Gasteiger partial charge in [0.05, 0.1) is 18.2 Å². The van der Waals surface area contributed by atoms with Crippen molar-refractivity contribution in [3.8, 4) is 11.8 Å². The monoisotopic (exact) mass is 431 g/mol. The number of hydrogen-bond donors (Lipinski definition) is 0. The highest BCUT2D eigenvalue weighted by Crippen LogP contribution is 2.22. The lowest BCUT2D eigenvalue weighted by atomic mass is 9.98. The highest BCUT2D eigenvalue weighted by atomic mass is 16.5. The molecule has 0 N–H and O–H groups in total. The van der Waals surface area contributed by atoms with Gasteiger partial charge >= 0.3 is 0 Å². The summed E-state index contributed by atoms with van der Waals surface area (Å²) in [5, 5.41) is 8.93. The van der Waals surface area contributed by atoms with E-state index in [1.807, 2.05) is 34.1 Å². The first-order valence-corrected chi connectivity index (χ1v) is 11.5. The Hall–Kier alpha value is -3.33. The van der Waals surface area contributed by atoms with E-state index in [0.717, 1.165) is 51.1 Å². The van der Waals surface area contributed by atoms with Gasteiger partial charge in [0, 0.05) is 43.2 Å². The number of nitriles is 1. The van der Waals surface area contributed by atoms with Crippen molar-refractivity contribution in [3.05, 3.63) is 65.2 Å². The summed E-state index contributed by atoms with van der Waals surface area (Å²) in [7, 11) is 0. The highest BCUT2D eigenvalue weighted by Gasteiger charge is 2.25. The van der Waals surface area contributed by atoms with Gasteiger partial charge in [0.15, 0.2) is 0 Å². The molecule has 2 heterocycles. The number of carbonyl (C=O) groups is 2. The van der Waals surface area contributed by atoms with Crippen LogP contribution < -0.4 is 4.74 Å². The van der Waals surface area contributed by atoms with Crippen LogP contribution in [0.2, 0.25) is 0 Å². The quantitative estimate of drug-likeness (QED) is 0.714. The third-order valence-electron chi connectivity index (χ3n) is 6.30. The van der Waals surface area contributed by atoms with Gasteiger partial charge in [-0.2, -0.15) is 5.26 Å². The average molecular weight is 432 g/mol. The second-order valence-corrected chi connectivity index (χ2v) is 8.64. The number of carbonyl (C=O) groups excluding carboxylic acids is 2. The number of likely N-dealkylation sites (tertiary alicyclic amines) is 2. The summed E-state index contributed by atoms with van der Waals surface area (Å²) in [5.41, 5.74) is 1.87. The lowest BCUT2D eigenvalue weighted by molar-refractivity contribution is 0.0633. The van der Waals surface area contributed by atoms with E-state index in [4.69, 9.17) is 10.00 Å². The van der Waals surface area contributed by atoms with E-state index < -0.39 is 0 Å². The Balaban J connectivity index is 1.29. The van der Waals surface area contributed by atoms with Crippen molar-refractivity contribution in [2.75, 3.05) is 32.8 Å². The molecule has 6 heteroatoms. The molecule has 0 aromatic heterocycles. The lowest BCUT2D eigenvalue weighted by Gasteiger charge is -2.32. The van der Waals surface area contributed by atoms with Crippen LogP contribution >= 0.6 is 0 Å². The third-order valence-corrected chi connectivity index (χ3v) is 6.30. The van der Waals surface area contributed by atoms with E-state index in [-0.39, 0.29) is 17.7 Å². The minimum Gasteiger partial charge on any atom is -0.493 e. The number of piperidine rings is 2. The summed E-state index contributed by atoms with van der Waals surface area (Å²) < 4.78 is 5.99. The zero-order valence-electron chi connectivity index (χ0n) is 18.3. The summed E-state index contributed by atoms with van der Waals surface area (Å²) in [6, 6.07) is 16.3. The molecule has 0 aliphatic carbocycles. The van der Waals surface area contributed by atoms with Crippen LogP contribution in [0.15, 0.2) is 48.5 Å². The second-order valence-electron chi connectivity index (χ2n) is 8.64. The number of rotatable bonds is 5. The van der Waals surface area contributed by atoms with Crippen molar-refractivity contribution in [1.82, 2.24) is 9.80 Å². The largest absolute Gasteiger partial charge is 0.493 e. The normalized spacial score (nSPS) is 18.7. The van der Waals surface area contributed by atoms with Gasteiger partial charge in [0.1, 0.15) is 5.75 Å². The van der Waals surface area contributed by atoms with Gasteiger partial charge in [-0.3, -0.25) is 9.59 Å². The molecule has 6 nitrogen and oxygen atoms in total. The topological polar surface area (TPSA) is 73.6 Å². The molecule has 2 aliphatic rings. The van der Waals surface area contributed by atoms with Crippen LogP contribution in [0.1, 0.15) is 58.4 Å². The fraction of sp³-hybridized carbons (Fsp3) is 0.423. The predicted molar refractivity (Wildman–Crippen MR) is 121 cm³/mol. The molecular formula is C26H29N3O3. The van der Waals surface area contributed by atoms with Gasteiger partial charge in [-0.25, -0.2) is 0 Å². The number of ether oxygens (including phenoxy) is 1. The minimum absolute atomic E-state index is 0.000215. The maximum absolute atomic E-state index is 12.8. The molecule has 0 unspecified atom stereocenters. The van der Waals surface area contributed by atoms with Crippen molar-refractivity contribution in [1.29, 1.82) is 5.26 Å². The van der Waals surface area contributed by atoms with Gasteiger partial charge in [0.25, 0.3) is 11.8 Å².